The molecule has 4 rings (SSSR count). The number of amides is 1. The fourth-order valence-electron chi connectivity index (χ4n) is 4.18. The van der Waals surface area contributed by atoms with Gasteiger partial charge in [0.1, 0.15) is 12.2 Å². The van der Waals surface area contributed by atoms with Crippen LogP contribution in [0.25, 0.3) is 11.0 Å². The lowest BCUT2D eigenvalue weighted by atomic mass is 9.96. The van der Waals surface area contributed by atoms with Crippen molar-refractivity contribution in [1.29, 1.82) is 0 Å². The van der Waals surface area contributed by atoms with Crippen molar-refractivity contribution in [3.05, 3.63) is 64.6 Å². The largest absolute Gasteiger partial charge is 0.359 e. The molecule has 184 valence electrons. The van der Waals surface area contributed by atoms with Crippen LogP contribution in [-0.2, 0) is 21.4 Å². The summed E-state index contributed by atoms with van der Waals surface area (Å²) in [6.07, 6.45) is 5.33. The SMILES string of the molecule is Cc1nc2ccccc2n(CC(=O)Nc2ccc(S(=O)(=O)NC(=S)NC3CCCCC3)cc2)c1=O. The molecule has 0 radical (unpaired) electrons. The minimum absolute atomic E-state index is 0.0234. The molecule has 1 amide bonds. The van der Waals surface area contributed by atoms with E-state index in [4.69, 9.17) is 12.2 Å². The molecule has 1 aliphatic carbocycles. The molecule has 3 N–H and O–H groups in total. The van der Waals surface area contributed by atoms with Crippen molar-refractivity contribution in [3.8, 4) is 0 Å². The zero-order valence-corrected chi connectivity index (χ0v) is 20.9. The molecule has 9 nitrogen and oxygen atoms in total. The number of carbonyl (C=O) groups is 1. The molecule has 2 aromatic carbocycles. The average molecular weight is 514 g/mol. The Balaban J connectivity index is 1.41. The number of anilines is 1. The van der Waals surface area contributed by atoms with Crippen LogP contribution in [0.2, 0.25) is 0 Å². The lowest BCUT2D eigenvalue weighted by molar-refractivity contribution is -0.116. The maximum absolute atomic E-state index is 12.7. The van der Waals surface area contributed by atoms with E-state index in [1.165, 1.54) is 35.3 Å². The number of aryl methyl sites for hydroxylation is 1. The number of rotatable bonds is 6. The maximum Gasteiger partial charge on any atom is 0.272 e. The summed E-state index contributed by atoms with van der Waals surface area (Å²) >= 11 is 5.19. The Morgan fingerprint density at radius 2 is 1.77 bits per heavy atom. The maximum atomic E-state index is 12.7. The summed E-state index contributed by atoms with van der Waals surface area (Å²) in [6, 6.07) is 13.0. The highest BCUT2D eigenvalue weighted by Crippen LogP contribution is 2.18. The van der Waals surface area contributed by atoms with Crippen LogP contribution in [0.1, 0.15) is 37.8 Å². The molecule has 1 fully saturated rings. The monoisotopic (exact) mass is 513 g/mol. The summed E-state index contributed by atoms with van der Waals surface area (Å²) in [6.45, 7) is 1.40. The number of nitrogens with zero attached hydrogens (tertiary/aromatic N) is 2. The molecule has 0 unspecified atom stereocenters. The van der Waals surface area contributed by atoms with Gasteiger partial charge in [0, 0.05) is 11.7 Å². The van der Waals surface area contributed by atoms with Gasteiger partial charge < -0.3 is 10.6 Å². The van der Waals surface area contributed by atoms with Gasteiger partial charge >= 0.3 is 0 Å². The molecule has 1 heterocycles. The van der Waals surface area contributed by atoms with Crippen molar-refractivity contribution in [1.82, 2.24) is 19.6 Å². The Morgan fingerprint density at radius 1 is 1.09 bits per heavy atom. The van der Waals surface area contributed by atoms with Crippen LogP contribution in [0, 0.1) is 6.92 Å². The third-order valence-corrected chi connectivity index (χ3v) is 7.65. The minimum atomic E-state index is -3.86. The third kappa shape index (κ3) is 6.04. The smallest absolute Gasteiger partial charge is 0.272 e. The molecule has 11 heteroatoms. The minimum Gasteiger partial charge on any atom is -0.359 e. The number of carbonyl (C=O) groups excluding carboxylic acids is 1. The molecule has 1 aromatic heterocycles. The highest BCUT2D eigenvalue weighted by molar-refractivity contribution is 7.91. The van der Waals surface area contributed by atoms with E-state index >= 15 is 0 Å². The molecule has 0 saturated heterocycles. The number of aromatic nitrogens is 2. The summed E-state index contributed by atoms with van der Waals surface area (Å²) in [4.78, 5) is 29.5. The molecule has 0 aliphatic heterocycles. The van der Waals surface area contributed by atoms with E-state index in [0.29, 0.717) is 22.4 Å². The third-order valence-electron chi connectivity index (χ3n) is 5.93. The molecule has 35 heavy (non-hydrogen) atoms. The topological polar surface area (TPSA) is 122 Å². The molecular formula is C24H27N5O4S2. The summed E-state index contributed by atoms with van der Waals surface area (Å²) in [7, 11) is -3.86. The zero-order chi connectivity index (χ0) is 25.0. The number of benzene rings is 2. The van der Waals surface area contributed by atoms with Gasteiger partial charge in [-0.05, 0) is 68.4 Å². The van der Waals surface area contributed by atoms with E-state index in [-0.39, 0.29) is 28.2 Å². The van der Waals surface area contributed by atoms with Crippen LogP contribution in [0.4, 0.5) is 5.69 Å². The molecule has 3 aromatic rings. The van der Waals surface area contributed by atoms with Crippen LogP contribution >= 0.6 is 12.2 Å². The number of fused-ring (bicyclic) bond motifs is 1. The van der Waals surface area contributed by atoms with Gasteiger partial charge in [0.15, 0.2) is 5.11 Å². The molecule has 0 bridgehead atoms. The number of nitrogens with one attached hydrogen (secondary N) is 3. The average Bonchev–Trinajstić information content (AvgIpc) is 2.82. The predicted molar refractivity (Wildman–Crippen MR) is 139 cm³/mol. The summed E-state index contributed by atoms with van der Waals surface area (Å²) in [5, 5.41) is 5.86. The molecule has 1 aliphatic rings. The van der Waals surface area contributed by atoms with Crippen LogP contribution in [-0.4, -0.2) is 35.0 Å². The van der Waals surface area contributed by atoms with E-state index in [2.05, 4.69) is 20.3 Å². The fraction of sp³-hybridized carbons (Fsp3) is 0.333. The van der Waals surface area contributed by atoms with Crippen molar-refractivity contribution in [2.24, 2.45) is 0 Å². The van der Waals surface area contributed by atoms with Crippen LogP contribution in [0.15, 0.2) is 58.2 Å². The Bertz CT molecular complexity index is 1410. The van der Waals surface area contributed by atoms with E-state index < -0.39 is 15.9 Å². The lowest BCUT2D eigenvalue weighted by Crippen LogP contribution is -2.44. The van der Waals surface area contributed by atoms with Gasteiger partial charge in [-0.1, -0.05) is 31.4 Å². The number of thiocarbonyl (C=S) groups is 1. The van der Waals surface area contributed by atoms with Gasteiger partial charge in [0.25, 0.3) is 15.6 Å². The first-order valence-electron chi connectivity index (χ1n) is 11.4. The highest BCUT2D eigenvalue weighted by Gasteiger charge is 2.19. The summed E-state index contributed by atoms with van der Waals surface area (Å²) in [5.41, 5.74) is 1.54. The molecular weight excluding hydrogens is 486 g/mol. The van der Waals surface area contributed by atoms with Crippen molar-refractivity contribution in [2.45, 2.75) is 56.5 Å². The van der Waals surface area contributed by atoms with E-state index in [0.717, 1.165) is 25.7 Å². The van der Waals surface area contributed by atoms with Crippen LogP contribution in [0.5, 0.6) is 0 Å². The lowest BCUT2D eigenvalue weighted by Gasteiger charge is -2.24. The second kappa shape index (κ2) is 10.5. The van der Waals surface area contributed by atoms with Gasteiger partial charge in [-0.25, -0.2) is 13.4 Å². The predicted octanol–water partition coefficient (Wildman–Crippen LogP) is 2.83. The van der Waals surface area contributed by atoms with Gasteiger partial charge in [-0.2, -0.15) is 0 Å². The fourth-order valence-corrected chi connectivity index (χ4v) is 5.59. The first-order chi connectivity index (χ1) is 16.7. The molecule has 1 saturated carbocycles. The van der Waals surface area contributed by atoms with Crippen LogP contribution < -0.4 is 20.9 Å². The van der Waals surface area contributed by atoms with Gasteiger partial charge in [-0.15, -0.1) is 0 Å². The van der Waals surface area contributed by atoms with Crippen LogP contribution in [0.3, 0.4) is 0 Å². The Kier molecular flexibility index (Phi) is 7.46. The summed E-state index contributed by atoms with van der Waals surface area (Å²) in [5.74, 6) is -0.422. The van der Waals surface area contributed by atoms with Crippen molar-refractivity contribution < 1.29 is 13.2 Å². The molecule has 0 spiro atoms. The second-order valence-corrected chi connectivity index (χ2v) is 10.7. The van der Waals surface area contributed by atoms with Gasteiger partial charge in [0.05, 0.1) is 15.9 Å². The summed E-state index contributed by atoms with van der Waals surface area (Å²) < 4.78 is 29.1. The first-order valence-corrected chi connectivity index (χ1v) is 13.3. The number of hydrogen-bond acceptors (Lipinski definition) is 6. The van der Waals surface area contributed by atoms with Gasteiger partial charge in [-0.3, -0.25) is 18.9 Å². The Morgan fingerprint density at radius 3 is 2.49 bits per heavy atom. The quantitative estimate of drug-likeness (QED) is 0.433. The standard InChI is InChI=1S/C24H27N5O4S2/c1-16-23(31)29(21-10-6-5-9-20(21)25-16)15-22(30)26-18-11-13-19(14-12-18)35(32,33)28-24(34)27-17-7-3-2-4-8-17/h5-6,9-14,17H,2-4,7-8,15H2,1H3,(H,26,30)(H2,27,28,34). The van der Waals surface area contributed by atoms with E-state index in [1.807, 2.05) is 6.07 Å². The second-order valence-electron chi connectivity index (χ2n) is 8.56. The van der Waals surface area contributed by atoms with Gasteiger partial charge in [0.2, 0.25) is 5.91 Å². The Hall–Kier alpha value is -3.31. The molecule has 0 atom stereocenters. The number of hydrogen-bond donors (Lipinski definition) is 3. The van der Waals surface area contributed by atoms with Crippen molar-refractivity contribution >= 4 is 50.0 Å². The number of sulfonamides is 1. The number of para-hydroxylation sites is 2. The Labute approximate surface area is 209 Å². The zero-order valence-electron chi connectivity index (χ0n) is 19.3. The van der Waals surface area contributed by atoms with E-state index in [1.54, 1.807) is 25.1 Å². The van der Waals surface area contributed by atoms with Crippen molar-refractivity contribution in [2.75, 3.05) is 5.32 Å². The first kappa shape index (κ1) is 24.8. The highest BCUT2D eigenvalue weighted by atomic mass is 32.2. The normalized spacial score (nSPS) is 14.4. The van der Waals surface area contributed by atoms with E-state index in [9.17, 15) is 18.0 Å². The van der Waals surface area contributed by atoms with Crippen molar-refractivity contribution in [3.63, 3.8) is 0 Å².